The predicted molar refractivity (Wildman–Crippen MR) is 99.6 cm³/mol. The number of nitrogens with zero attached hydrogens (tertiary/aromatic N) is 3. The molecule has 0 radical (unpaired) electrons. The summed E-state index contributed by atoms with van der Waals surface area (Å²) in [6.45, 7) is 1.94. The predicted octanol–water partition coefficient (Wildman–Crippen LogP) is 1.52. The number of rotatable bonds is 9. The number of hydrogen-bond donors (Lipinski definition) is 4. The number of ketones is 1. The molecule has 27 heavy (non-hydrogen) atoms. The number of aromatic nitrogens is 3. The Balaban J connectivity index is 2.40. The van der Waals surface area contributed by atoms with E-state index >= 15 is 0 Å². The molecule has 6 N–H and O–H groups in total. The SMILES string of the molecule is CCCC(C(=O)c1ccnc(N)c1CCC(=O)O)c1ncc(C(=N)N)cn1. The number of hydrogen-bond acceptors (Lipinski definition) is 7. The lowest BCUT2D eigenvalue weighted by molar-refractivity contribution is -0.136. The van der Waals surface area contributed by atoms with Crippen molar-refractivity contribution in [3.8, 4) is 0 Å². The summed E-state index contributed by atoms with van der Waals surface area (Å²) in [4.78, 5) is 36.5. The molecule has 2 heterocycles. The molecule has 1 unspecified atom stereocenters. The topological polar surface area (TPSA) is 169 Å². The first-order valence-electron chi connectivity index (χ1n) is 8.50. The largest absolute Gasteiger partial charge is 0.481 e. The van der Waals surface area contributed by atoms with Crippen molar-refractivity contribution in [1.29, 1.82) is 5.41 Å². The lowest BCUT2D eigenvalue weighted by atomic mass is 9.89. The van der Waals surface area contributed by atoms with Crippen molar-refractivity contribution in [2.24, 2.45) is 5.73 Å². The molecule has 0 fully saturated rings. The number of carbonyl (C=O) groups is 2. The van der Waals surface area contributed by atoms with Gasteiger partial charge in [0.05, 0.1) is 11.5 Å². The van der Waals surface area contributed by atoms with Crippen LogP contribution in [0.25, 0.3) is 0 Å². The summed E-state index contributed by atoms with van der Waals surface area (Å²) >= 11 is 0. The Labute approximate surface area is 156 Å². The van der Waals surface area contributed by atoms with Crippen molar-refractivity contribution < 1.29 is 14.7 Å². The van der Waals surface area contributed by atoms with E-state index in [1.807, 2.05) is 6.92 Å². The minimum atomic E-state index is -0.982. The number of nitrogens with one attached hydrogen (secondary N) is 1. The second-order valence-electron chi connectivity index (χ2n) is 6.07. The van der Waals surface area contributed by atoms with E-state index in [-0.39, 0.29) is 30.3 Å². The zero-order valence-electron chi connectivity index (χ0n) is 15.0. The Hall–Kier alpha value is -3.36. The molecule has 2 aromatic heterocycles. The van der Waals surface area contributed by atoms with Gasteiger partial charge in [-0.05, 0) is 18.9 Å². The number of aliphatic carboxylic acids is 1. The van der Waals surface area contributed by atoms with Crippen molar-refractivity contribution in [2.75, 3.05) is 5.73 Å². The Morgan fingerprint density at radius 2 is 1.93 bits per heavy atom. The van der Waals surface area contributed by atoms with E-state index < -0.39 is 11.9 Å². The van der Waals surface area contributed by atoms with E-state index in [0.29, 0.717) is 28.9 Å². The number of amidine groups is 1. The maximum Gasteiger partial charge on any atom is 0.303 e. The van der Waals surface area contributed by atoms with Crippen LogP contribution in [0.1, 0.15) is 59.4 Å². The van der Waals surface area contributed by atoms with Crippen LogP contribution in [0, 0.1) is 5.41 Å². The van der Waals surface area contributed by atoms with Crippen molar-refractivity contribution in [1.82, 2.24) is 15.0 Å². The third-order valence-electron chi connectivity index (χ3n) is 4.13. The number of carboxylic acid groups (broad SMARTS) is 1. The zero-order valence-corrected chi connectivity index (χ0v) is 15.0. The smallest absolute Gasteiger partial charge is 0.303 e. The van der Waals surface area contributed by atoms with Gasteiger partial charge in [0.25, 0.3) is 0 Å². The first-order chi connectivity index (χ1) is 12.8. The van der Waals surface area contributed by atoms with Crippen molar-refractivity contribution >= 4 is 23.4 Å². The van der Waals surface area contributed by atoms with Gasteiger partial charge in [-0.2, -0.15) is 0 Å². The zero-order chi connectivity index (χ0) is 20.0. The molecule has 0 amide bonds. The average Bonchev–Trinajstić information content (AvgIpc) is 2.64. The third kappa shape index (κ3) is 4.84. The van der Waals surface area contributed by atoms with Gasteiger partial charge in [0.2, 0.25) is 0 Å². The number of carboxylic acids is 1. The van der Waals surface area contributed by atoms with Gasteiger partial charge in [-0.25, -0.2) is 15.0 Å². The van der Waals surface area contributed by atoms with E-state index in [4.69, 9.17) is 22.0 Å². The molecule has 9 nitrogen and oxygen atoms in total. The van der Waals surface area contributed by atoms with Crippen LogP contribution >= 0.6 is 0 Å². The molecule has 0 aliphatic carbocycles. The van der Waals surface area contributed by atoms with E-state index in [0.717, 1.165) is 6.42 Å². The number of anilines is 1. The van der Waals surface area contributed by atoms with Crippen LogP contribution < -0.4 is 11.5 Å². The number of nitrogens with two attached hydrogens (primary N) is 2. The molecular weight excluding hydrogens is 348 g/mol. The van der Waals surface area contributed by atoms with Crippen LogP contribution in [0.15, 0.2) is 24.7 Å². The van der Waals surface area contributed by atoms with Crippen LogP contribution in [0.3, 0.4) is 0 Å². The lowest BCUT2D eigenvalue weighted by Crippen LogP contribution is -2.20. The maximum absolute atomic E-state index is 13.2. The fourth-order valence-electron chi connectivity index (χ4n) is 2.74. The van der Waals surface area contributed by atoms with Crippen LogP contribution in [0.5, 0.6) is 0 Å². The van der Waals surface area contributed by atoms with E-state index in [9.17, 15) is 9.59 Å². The second-order valence-corrected chi connectivity index (χ2v) is 6.07. The molecule has 0 aliphatic heterocycles. The highest BCUT2D eigenvalue weighted by molar-refractivity contribution is 6.02. The molecule has 0 saturated carbocycles. The fraction of sp³-hybridized carbons (Fsp3) is 0.333. The number of Topliss-reactive ketones (excluding diaryl/α,β-unsaturated/α-hetero) is 1. The highest BCUT2D eigenvalue weighted by Gasteiger charge is 2.27. The van der Waals surface area contributed by atoms with Crippen LogP contribution in [0.4, 0.5) is 5.82 Å². The quantitative estimate of drug-likeness (QED) is 0.292. The van der Waals surface area contributed by atoms with Gasteiger partial charge in [0.15, 0.2) is 5.78 Å². The molecule has 2 rings (SSSR count). The highest BCUT2D eigenvalue weighted by atomic mass is 16.4. The second kappa shape index (κ2) is 8.84. The molecular formula is C18H22N6O3. The molecule has 0 aromatic carbocycles. The van der Waals surface area contributed by atoms with Gasteiger partial charge >= 0.3 is 5.97 Å². The van der Waals surface area contributed by atoms with Gasteiger partial charge in [-0.1, -0.05) is 13.3 Å². The molecule has 0 spiro atoms. The Kier molecular flexibility index (Phi) is 6.53. The number of pyridine rings is 1. The highest BCUT2D eigenvalue weighted by Crippen LogP contribution is 2.27. The summed E-state index contributed by atoms with van der Waals surface area (Å²) in [7, 11) is 0. The van der Waals surface area contributed by atoms with Crippen LogP contribution in [-0.2, 0) is 11.2 Å². The Morgan fingerprint density at radius 3 is 2.48 bits per heavy atom. The van der Waals surface area contributed by atoms with Gasteiger partial charge in [0, 0.05) is 36.1 Å². The first-order valence-corrected chi connectivity index (χ1v) is 8.50. The minimum Gasteiger partial charge on any atom is -0.481 e. The lowest BCUT2D eigenvalue weighted by Gasteiger charge is -2.17. The molecule has 0 bridgehead atoms. The summed E-state index contributed by atoms with van der Waals surface area (Å²) < 4.78 is 0. The normalized spacial score (nSPS) is 11.7. The Morgan fingerprint density at radius 1 is 1.26 bits per heavy atom. The number of nitrogen functional groups attached to an aromatic ring is 2. The summed E-state index contributed by atoms with van der Waals surface area (Å²) in [5, 5.41) is 16.4. The summed E-state index contributed by atoms with van der Waals surface area (Å²) in [5.41, 5.74) is 12.4. The monoisotopic (exact) mass is 370 g/mol. The van der Waals surface area contributed by atoms with Gasteiger partial charge in [0.1, 0.15) is 17.5 Å². The molecule has 0 saturated heterocycles. The standard InChI is InChI=1S/C18H22N6O3/c1-2-3-13(18-23-8-10(9-24-18)16(19)20)15(27)11-6-7-22-17(21)12(11)4-5-14(25)26/h6-9,13H,2-5H2,1H3,(H3,19,20)(H2,21,22)(H,25,26). The van der Waals surface area contributed by atoms with E-state index in [2.05, 4.69) is 15.0 Å². The van der Waals surface area contributed by atoms with E-state index in [1.165, 1.54) is 18.6 Å². The molecule has 1 atom stereocenters. The van der Waals surface area contributed by atoms with Gasteiger partial charge in [-0.3, -0.25) is 15.0 Å². The van der Waals surface area contributed by atoms with Crippen molar-refractivity contribution in [3.05, 3.63) is 47.2 Å². The third-order valence-corrected chi connectivity index (χ3v) is 4.13. The fourth-order valence-corrected chi connectivity index (χ4v) is 2.74. The van der Waals surface area contributed by atoms with Gasteiger partial charge < -0.3 is 16.6 Å². The minimum absolute atomic E-state index is 0.110. The maximum atomic E-state index is 13.2. The molecule has 9 heteroatoms. The average molecular weight is 370 g/mol. The van der Waals surface area contributed by atoms with Crippen LogP contribution in [0.2, 0.25) is 0 Å². The van der Waals surface area contributed by atoms with Gasteiger partial charge in [-0.15, -0.1) is 0 Å². The summed E-state index contributed by atoms with van der Waals surface area (Å²) in [6.07, 6.45) is 5.44. The first kappa shape index (κ1) is 20.0. The van der Waals surface area contributed by atoms with E-state index in [1.54, 1.807) is 6.07 Å². The molecule has 142 valence electrons. The number of carbonyl (C=O) groups excluding carboxylic acids is 1. The van der Waals surface area contributed by atoms with Crippen molar-refractivity contribution in [2.45, 2.75) is 38.5 Å². The van der Waals surface area contributed by atoms with Crippen LogP contribution in [-0.4, -0.2) is 37.6 Å². The van der Waals surface area contributed by atoms with Crippen molar-refractivity contribution in [3.63, 3.8) is 0 Å². The Bertz CT molecular complexity index is 851. The summed E-state index contributed by atoms with van der Waals surface area (Å²) in [6, 6.07) is 1.54. The molecule has 2 aromatic rings. The molecule has 0 aliphatic rings. The summed E-state index contributed by atoms with van der Waals surface area (Å²) in [5.74, 6) is -1.51.